The minimum Gasteiger partial charge on any atom is -0.457 e. The first-order valence-electron chi connectivity index (χ1n) is 17.9. The number of anilines is 6. The van der Waals surface area contributed by atoms with Crippen molar-refractivity contribution in [2.75, 3.05) is 9.80 Å². The number of hydrogen-bond donors (Lipinski definition) is 0. The Morgan fingerprint density at radius 1 is 0.302 bits per heavy atom. The Kier molecular flexibility index (Phi) is 7.33. The van der Waals surface area contributed by atoms with Gasteiger partial charge in [0.05, 0.1) is 11.1 Å². The number of fused-ring (bicyclic) bond motifs is 8. The zero-order valence-electron chi connectivity index (χ0n) is 28.8. The minimum absolute atomic E-state index is 0.800. The lowest BCUT2D eigenvalue weighted by Gasteiger charge is -2.47. The maximum atomic E-state index is 6.94. The summed E-state index contributed by atoms with van der Waals surface area (Å²) in [5, 5.41) is 0. The molecule has 1 unspecified atom stereocenters. The SMILES string of the molecule is c1ccc(N(c2ccccc2)c2ccc3c(c2)C2(c4ccccc4O3)c3ccccc3Oc3cccc(N(c4ccccc4)c4ccccc4)c32)cc1. The second kappa shape index (κ2) is 12.6. The van der Waals surface area contributed by atoms with E-state index in [0.717, 1.165) is 79.4 Å². The molecule has 53 heavy (non-hydrogen) atoms. The van der Waals surface area contributed by atoms with Crippen molar-refractivity contribution in [1.82, 2.24) is 0 Å². The van der Waals surface area contributed by atoms with Crippen LogP contribution >= 0.6 is 0 Å². The molecule has 0 aromatic heterocycles. The van der Waals surface area contributed by atoms with Gasteiger partial charge in [0.15, 0.2) is 0 Å². The van der Waals surface area contributed by atoms with Gasteiger partial charge in [-0.1, -0.05) is 115 Å². The fourth-order valence-corrected chi connectivity index (χ4v) is 8.20. The Balaban J connectivity index is 1.33. The first-order valence-corrected chi connectivity index (χ1v) is 17.9. The molecule has 0 saturated heterocycles. The average Bonchev–Trinajstić information content (AvgIpc) is 3.23. The van der Waals surface area contributed by atoms with Gasteiger partial charge in [0.1, 0.15) is 23.0 Å². The summed E-state index contributed by atoms with van der Waals surface area (Å²) in [7, 11) is 0. The summed E-state index contributed by atoms with van der Waals surface area (Å²) in [6.45, 7) is 0. The fraction of sp³-hybridized carbons (Fsp3) is 0.0204. The van der Waals surface area contributed by atoms with E-state index < -0.39 is 5.41 Å². The van der Waals surface area contributed by atoms with Crippen molar-refractivity contribution >= 4 is 34.1 Å². The van der Waals surface area contributed by atoms with Crippen LogP contribution in [0.1, 0.15) is 22.3 Å². The number of nitrogens with zero attached hydrogens (tertiary/aromatic N) is 2. The second-order valence-corrected chi connectivity index (χ2v) is 13.3. The van der Waals surface area contributed by atoms with Crippen molar-refractivity contribution in [3.63, 3.8) is 0 Å². The van der Waals surface area contributed by atoms with Gasteiger partial charge in [-0.3, -0.25) is 0 Å². The Morgan fingerprint density at radius 3 is 1.25 bits per heavy atom. The molecule has 2 aliphatic heterocycles. The van der Waals surface area contributed by atoms with Crippen LogP contribution in [0.15, 0.2) is 206 Å². The van der Waals surface area contributed by atoms with Crippen LogP contribution in [0.5, 0.6) is 23.0 Å². The van der Waals surface area contributed by atoms with Gasteiger partial charge in [0, 0.05) is 50.7 Å². The number of rotatable bonds is 6. The van der Waals surface area contributed by atoms with Crippen LogP contribution < -0.4 is 19.3 Å². The molecule has 2 aliphatic rings. The van der Waals surface area contributed by atoms with E-state index in [0.29, 0.717) is 0 Å². The molecule has 2 heterocycles. The fourth-order valence-electron chi connectivity index (χ4n) is 8.20. The molecule has 1 atom stereocenters. The summed E-state index contributed by atoms with van der Waals surface area (Å²) in [5.74, 6) is 3.24. The van der Waals surface area contributed by atoms with Gasteiger partial charge in [-0.05, 0) is 91.0 Å². The van der Waals surface area contributed by atoms with Crippen molar-refractivity contribution in [1.29, 1.82) is 0 Å². The maximum Gasteiger partial charge on any atom is 0.134 e. The molecule has 4 nitrogen and oxygen atoms in total. The van der Waals surface area contributed by atoms with E-state index in [2.05, 4.69) is 216 Å². The summed E-state index contributed by atoms with van der Waals surface area (Å²) in [4.78, 5) is 4.66. The molecule has 0 saturated carbocycles. The molecule has 0 radical (unpaired) electrons. The maximum absolute atomic E-state index is 6.94. The minimum atomic E-state index is -0.832. The number of hydrogen-bond acceptors (Lipinski definition) is 4. The van der Waals surface area contributed by atoms with Crippen molar-refractivity contribution in [3.05, 3.63) is 229 Å². The monoisotopic (exact) mass is 682 g/mol. The number of para-hydroxylation sites is 6. The Bertz CT molecular complexity index is 2450. The van der Waals surface area contributed by atoms with E-state index in [1.165, 1.54) is 0 Å². The molecule has 0 aliphatic carbocycles. The second-order valence-electron chi connectivity index (χ2n) is 13.3. The predicted octanol–water partition coefficient (Wildman–Crippen LogP) is 13.2. The third-order valence-electron chi connectivity index (χ3n) is 10.3. The lowest BCUT2D eigenvalue weighted by atomic mass is 9.61. The first kappa shape index (κ1) is 30.8. The van der Waals surface area contributed by atoms with Crippen LogP contribution in [0.3, 0.4) is 0 Å². The average molecular weight is 683 g/mol. The number of ether oxygens (including phenoxy) is 2. The van der Waals surface area contributed by atoms with Gasteiger partial charge in [0.2, 0.25) is 0 Å². The van der Waals surface area contributed by atoms with Crippen molar-refractivity contribution in [2.24, 2.45) is 0 Å². The standard InChI is InChI=1S/C49H34N2O2/c1-5-18-35(19-6-1)50(36-20-7-2-8-21-36)39-32-33-46-42(34-39)49(40-26-13-15-29-44(40)52-46)41-27-14-16-30-45(41)53-47-31-17-28-43(48(47)49)51(37-22-9-3-10-23-37)38-24-11-4-12-25-38/h1-34H. The van der Waals surface area contributed by atoms with Crippen LogP contribution in [0.4, 0.5) is 34.1 Å². The summed E-state index contributed by atoms with van der Waals surface area (Å²) < 4.78 is 13.8. The van der Waals surface area contributed by atoms with Crippen molar-refractivity contribution in [2.45, 2.75) is 5.41 Å². The van der Waals surface area contributed by atoms with Crippen molar-refractivity contribution < 1.29 is 9.47 Å². The highest BCUT2D eigenvalue weighted by Gasteiger charge is 2.52. The van der Waals surface area contributed by atoms with Crippen LogP contribution in [-0.4, -0.2) is 0 Å². The van der Waals surface area contributed by atoms with Gasteiger partial charge < -0.3 is 19.3 Å². The third kappa shape index (κ3) is 4.91. The van der Waals surface area contributed by atoms with Crippen LogP contribution in [0, 0.1) is 0 Å². The summed E-state index contributed by atoms with van der Waals surface area (Å²) in [6.07, 6.45) is 0. The van der Waals surface area contributed by atoms with Crippen LogP contribution in [-0.2, 0) is 5.41 Å². The van der Waals surface area contributed by atoms with E-state index >= 15 is 0 Å². The lowest BCUT2D eigenvalue weighted by Crippen LogP contribution is -2.38. The molecule has 8 aromatic carbocycles. The van der Waals surface area contributed by atoms with E-state index in [-0.39, 0.29) is 0 Å². The Morgan fingerprint density at radius 2 is 0.717 bits per heavy atom. The molecule has 252 valence electrons. The normalized spacial score (nSPS) is 14.8. The zero-order valence-corrected chi connectivity index (χ0v) is 28.8. The molecule has 0 fully saturated rings. The third-order valence-corrected chi connectivity index (χ3v) is 10.3. The lowest BCUT2D eigenvalue weighted by molar-refractivity contribution is 0.400. The van der Waals surface area contributed by atoms with Crippen molar-refractivity contribution in [3.8, 4) is 23.0 Å². The molecule has 1 spiro atoms. The summed E-state index contributed by atoms with van der Waals surface area (Å²) in [6, 6.07) is 72.2. The van der Waals surface area contributed by atoms with E-state index in [1.54, 1.807) is 0 Å². The molecule has 10 rings (SSSR count). The highest BCUT2D eigenvalue weighted by atomic mass is 16.5. The summed E-state index contributed by atoms with van der Waals surface area (Å²) in [5.41, 5.74) is 9.64. The van der Waals surface area contributed by atoms with Gasteiger partial charge in [0.25, 0.3) is 0 Å². The molecule has 4 heteroatoms. The molecular weight excluding hydrogens is 649 g/mol. The van der Waals surface area contributed by atoms with E-state index in [4.69, 9.17) is 9.47 Å². The van der Waals surface area contributed by atoms with Crippen LogP contribution in [0.2, 0.25) is 0 Å². The molecular formula is C49H34N2O2. The highest BCUT2D eigenvalue weighted by Crippen LogP contribution is 2.64. The van der Waals surface area contributed by atoms with Gasteiger partial charge in [-0.25, -0.2) is 0 Å². The zero-order chi connectivity index (χ0) is 35.2. The number of benzene rings is 8. The largest absolute Gasteiger partial charge is 0.457 e. The Labute approximate surface area is 309 Å². The highest BCUT2D eigenvalue weighted by molar-refractivity contribution is 5.88. The molecule has 0 bridgehead atoms. The topological polar surface area (TPSA) is 24.9 Å². The van der Waals surface area contributed by atoms with E-state index in [1.807, 2.05) is 0 Å². The van der Waals surface area contributed by atoms with Crippen LogP contribution in [0.25, 0.3) is 0 Å². The van der Waals surface area contributed by atoms with E-state index in [9.17, 15) is 0 Å². The van der Waals surface area contributed by atoms with Gasteiger partial charge in [-0.15, -0.1) is 0 Å². The first-order chi connectivity index (χ1) is 26.3. The molecule has 0 N–H and O–H groups in total. The summed E-state index contributed by atoms with van der Waals surface area (Å²) >= 11 is 0. The molecule has 0 amide bonds. The Hall–Kier alpha value is -7.04. The molecule has 8 aromatic rings. The van der Waals surface area contributed by atoms with Gasteiger partial charge in [-0.2, -0.15) is 0 Å². The smallest absolute Gasteiger partial charge is 0.134 e. The van der Waals surface area contributed by atoms with Gasteiger partial charge >= 0.3 is 0 Å². The quantitative estimate of drug-likeness (QED) is 0.174. The predicted molar refractivity (Wildman–Crippen MR) is 214 cm³/mol.